The lowest BCUT2D eigenvalue weighted by Gasteiger charge is -2.02. The molecule has 0 saturated carbocycles. The zero-order valence-electron chi connectivity index (χ0n) is 16.2. The number of aryl methyl sites for hydroxylation is 1. The summed E-state index contributed by atoms with van der Waals surface area (Å²) in [5.74, 6) is -1.77. The zero-order valence-corrected chi connectivity index (χ0v) is 17.0. The third-order valence-corrected chi connectivity index (χ3v) is 5.17. The van der Waals surface area contributed by atoms with Gasteiger partial charge in [0.15, 0.2) is 5.13 Å². The van der Waals surface area contributed by atoms with Gasteiger partial charge in [-0.1, -0.05) is 0 Å². The fraction of sp³-hybridized carbons (Fsp3) is 0.238. The number of carbonyl (C=O) groups is 2. The highest BCUT2D eigenvalue weighted by Gasteiger charge is 2.18. The van der Waals surface area contributed by atoms with E-state index in [0.717, 1.165) is 36.8 Å². The van der Waals surface area contributed by atoms with Crippen molar-refractivity contribution in [1.29, 1.82) is 0 Å². The van der Waals surface area contributed by atoms with E-state index in [0.29, 0.717) is 21.5 Å². The molecule has 4 N–H and O–H groups in total. The highest BCUT2D eigenvalue weighted by Crippen LogP contribution is 2.36. The summed E-state index contributed by atoms with van der Waals surface area (Å²) in [6.07, 6.45) is 2.01. The quantitative estimate of drug-likeness (QED) is 0.527. The van der Waals surface area contributed by atoms with Crippen LogP contribution >= 0.6 is 11.3 Å². The predicted molar refractivity (Wildman–Crippen MR) is 112 cm³/mol. The van der Waals surface area contributed by atoms with Crippen molar-refractivity contribution >= 4 is 34.1 Å². The highest BCUT2D eigenvalue weighted by atomic mass is 32.1. The van der Waals surface area contributed by atoms with E-state index >= 15 is 0 Å². The van der Waals surface area contributed by atoms with Crippen LogP contribution in [0.15, 0.2) is 37.4 Å². The molecule has 0 spiro atoms. The number of amides is 2. The number of fused-ring (bicyclic) bond motifs is 1. The van der Waals surface area contributed by atoms with E-state index in [9.17, 15) is 22.8 Å². The number of benzene rings is 1. The predicted octanol–water partition coefficient (Wildman–Crippen LogP) is 4.43. The number of hydrogen-bond donors (Lipinski definition) is 3. The Morgan fingerprint density at radius 1 is 1.20 bits per heavy atom. The van der Waals surface area contributed by atoms with Crippen LogP contribution in [0.3, 0.4) is 0 Å². The van der Waals surface area contributed by atoms with Crippen molar-refractivity contribution in [1.82, 2.24) is 10.3 Å². The first kappa shape index (κ1) is 23.2. The molecule has 0 aliphatic carbocycles. The second kappa shape index (κ2) is 10.6. The van der Waals surface area contributed by atoms with E-state index in [1.165, 1.54) is 12.1 Å². The van der Waals surface area contributed by atoms with Crippen LogP contribution in [-0.4, -0.2) is 23.3 Å². The summed E-state index contributed by atoms with van der Waals surface area (Å²) < 4.78 is 40.7. The van der Waals surface area contributed by atoms with Crippen LogP contribution < -0.4 is 11.1 Å². The first-order valence-corrected chi connectivity index (χ1v) is 9.97. The molecule has 9 heteroatoms. The van der Waals surface area contributed by atoms with Gasteiger partial charge in [-0.2, -0.15) is 4.39 Å². The standard InChI is InChI=1S/C15H11F3N2OS.C4H7NO.C2H4/c16-7-5-9-8(1-4-13(19)21)15(11-2-3-12(18)22-11)20-14(9)10(17)6-7;6-4-2-1-3-5-4;1-2/h2-3,5-6,20H,1,4H2,(H2,19,21);1-3H2,(H,5,6);1-2H2. The van der Waals surface area contributed by atoms with Gasteiger partial charge in [-0.25, -0.2) is 8.78 Å². The normalized spacial score (nSPS) is 12.6. The number of primary amides is 1. The Kier molecular flexibility index (Phi) is 8.23. The van der Waals surface area contributed by atoms with E-state index in [1.807, 2.05) is 0 Å². The molecule has 2 amide bonds. The number of halogens is 3. The number of nitrogens with one attached hydrogen (secondary N) is 2. The number of aromatic amines is 1. The molecule has 0 atom stereocenters. The van der Waals surface area contributed by atoms with Gasteiger partial charge in [0, 0.05) is 30.8 Å². The van der Waals surface area contributed by atoms with Gasteiger partial charge in [0.1, 0.15) is 11.6 Å². The molecule has 1 aromatic carbocycles. The number of carbonyl (C=O) groups excluding carboxylic acids is 2. The van der Waals surface area contributed by atoms with Crippen LogP contribution in [0, 0.1) is 16.8 Å². The first-order chi connectivity index (χ1) is 14.3. The lowest BCUT2D eigenvalue weighted by molar-refractivity contribution is -0.119. The minimum atomic E-state index is -0.737. The minimum absolute atomic E-state index is 0.0337. The van der Waals surface area contributed by atoms with Gasteiger partial charge in [0.05, 0.1) is 16.1 Å². The molecule has 1 fully saturated rings. The summed E-state index contributed by atoms with van der Waals surface area (Å²) in [4.78, 5) is 24.6. The largest absolute Gasteiger partial charge is 0.370 e. The van der Waals surface area contributed by atoms with E-state index < -0.39 is 17.5 Å². The van der Waals surface area contributed by atoms with Crippen LogP contribution in [0.5, 0.6) is 0 Å². The molecular formula is C21H22F3N3O2S. The third-order valence-electron chi connectivity index (χ3n) is 4.28. The van der Waals surface area contributed by atoms with Crippen molar-refractivity contribution in [3.63, 3.8) is 0 Å². The molecule has 3 aromatic rings. The fourth-order valence-electron chi connectivity index (χ4n) is 3.01. The molecule has 1 aliphatic rings. The highest BCUT2D eigenvalue weighted by molar-refractivity contribution is 7.13. The molecule has 30 heavy (non-hydrogen) atoms. The summed E-state index contributed by atoms with van der Waals surface area (Å²) in [6, 6.07) is 4.81. The van der Waals surface area contributed by atoms with E-state index in [2.05, 4.69) is 23.5 Å². The lowest BCUT2D eigenvalue weighted by atomic mass is 10.0. The second-order valence-corrected chi connectivity index (χ2v) is 7.35. The monoisotopic (exact) mass is 437 g/mol. The Morgan fingerprint density at radius 2 is 1.93 bits per heavy atom. The van der Waals surface area contributed by atoms with Crippen molar-refractivity contribution in [2.75, 3.05) is 6.54 Å². The summed E-state index contributed by atoms with van der Waals surface area (Å²) in [5.41, 5.74) is 6.31. The zero-order chi connectivity index (χ0) is 22.3. The number of nitrogens with two attached hydrogens (primary N) is 1. The molecule has 0 bridgehead atoms. The van der Waals surface area contributed by atoms with Crippen LogP contribution in [-0.2, 0) is 16.0 Å². The lowest BCUT2D eigenvalue weighted by Crippen LogP contribution is -2.12. The number of thiophene rings is 1. The number of rotatable bonds is 4. The maximum Gasteiger partial charge on any atom is 0.220 e. The van der Waals surface area contributed by atoms with Gasteiger partial charge in [-0.3, -0.25) is 9.59 Å². The van der Waals surface area contributed by atoms with E-state index in [1.54, 1.807) is 6.07 Å². The van der Waals surface area contributed by atoms with Crippen molar-refractivity contribution in [3.8, 4) is 10.6 Å². The van der Waals surface area contributed by atoms with Crippen molar-refractivity contribution in [2.45, 2.75) is 25.7 Å². The molecule has 1 saturated heterocycles. The smallest absolute Gasteiger partial charge is 0.220 e. The van der Waals surface area contributed by atoms with Gasteiger partial charge in [0.2, 0.25) is 11.8 Å². The SMILES string of the molecule is C=C.NC(=O)CCc1c(-c2ccc(F)s2)[nH]c2c(F)cc(F)cc12.O=C1CCCN1. The van der Waals surface area contributed by atoms with Gasteiger partial charge >= 0.3 is 0 Å². The molecule has 1 aliphatic heterocycles. The van der Waals surface area contributed by atoms with Gasteiger partial charge in [-0.15, -0.1) is 24.5 Å². The molecule has 160 valence electrons. The Bertz CT molecular complexity index is 1040. The van der Waals surface area contributed by atoms with Crippen LogP contribution in [0.2, 0.25) is 0 Å². The minimum Gasteiger partial charge on any atom is -0.370 e. The average molecular weight is 437 g/mol. The Labute approximate surface area is 175 Å². The second-order valence-electron chi connectivity index (χ2n) is 6.31. The van der Waals surface area contributed by atoms with E-state index in [-0.39, 0.29) is 29.4 Å². The summed E-state index contributed by atoms with van der Waals surface area (Å²) in [7, 11) is 0. The van der Waals surface area contributed by atoms with Gasteiger partial charge < -0.3 is 16.0 Å². The topological polar surface area (TPSA) is 88.0 Å². The maximum absolute atomic E-state index is 13.9. The molecule has 0 radical (unpaired) electrons. The molecule has 5 nitrogen and oxygen atoms in total. The fourth-order valence-corrected chi connectivity index (χ4v) is 3.76. The molecule has 0 unspecified atom stereocenters. The molecular weight excluding hydrogens is 415 g/mol. The molecule has 3 heterocycles. The van der Waals surface area contributed by atoms with Crippen molar-refractivity contribution in [2.24, 2.45) is 5.73 Å². The summed E-state index contributed by atoms with van der Waals surface area (Å²) in [5, 5.41) is 2.63. The Morgan fingerprint density at radius 3 is 2.43 bits per heavy atom. The third kappa shape index (κ3) is 5.73. The molecule has 4 rings (SSSR count). The van der Waals surface area contributed by atoms with E-state index in [4.69, 9.17) is 5.73 Å². The van der Waals surface area contributed by atoms with Gasteiger partial charge in [0.25, 0.3) is 0 Å². The first-order valence-electron chi connectivity index (χ1n) is 9.15. The van der Waals surface area contributed by atoms with Crippen LogP contribution in [0.25, 0.3) is 21.5 Å². The van der Waals surface area contributed by atoms with Crippen LogP contribution in [0.4, 0.5) is 13.2 Å². The number of aromatic nitrogens is 1. The van der Waals surface area contributed by atoms with Gasteiger partial charge in [-0.05, 0) is 36.6 Å². The Balaban J connectivity index is 0.000000340. The Hall–Kier alpha value is -3.07. The number of H-pyrrole nitrogens is 1. The average Bonchev–Trinajstić information content (AvgIpc) is 3.42. The molecule has 2 aromatic heterocycles. The van der Waals surface area contributed by atoms with Crippen molar-refractivity contribution in [3.05, 3.63) is 59.8 Å². The van der Waals surface area contributed by atoms with Crippen molar-refractivity contribution < 1.29 is 22.8 Å². The van der Waals surface area contributed by atoms with Crippen LogP contribution in [0.1, 0.15) is 24.8 Å². The summed E-state index contributed by atoms with van der Waals surface area (Å²) >= 11 is 0.884. The summed E-state index contributed by atoms with van der Waals surface area (Å²) in [6.45, 7) is 6.89. The number of hydrogen-bond acceptors (Lipinski definition) is 3. The maximum atomic E-state index is 13.9.